The number of hydrogen-bond acceptors (Lipinski definition) is 10. The summed E-state index contributed by atoms with van der Waals surface area (Å²) in [6.45, 7) is 29.1. The minimum atomic E-state index is -0.882. The number of nitrogens with zero attached hydrogens (tertiary/aromatic N) is 4. The summed E-state index contributed by atoms with van der Waals surface area (Å²) in [6, 6.07) is 16.2. The number of esters is 1. The molecule has 10 nitrogen and oxygen atoms in total. The van der Waals surface area contributed by atoms with Crippen LogP contribution in [0.25, 0.3) is 9.69 Å². The summed E-state index contributed by atoms with van der Waals surface area (Å²) >= 11 is 3.10. The van der Waals surface area contributed by atoms with Gasteiger partial charge in [-0.3, -0.25) is 0 Å². The zero-order chi connectivity index (χ0) is 35.9. The second-order valence-electron chi connectivity index (χ2n) is 12.1. The van der Waals surface area contributed by atoms with Gasteiger partial charge in [-0.25, -0.2) is 34.0 Å². The fraction of sp³-hybridized carbons (Fsp3) is 0.447. The summed E-state index contributed by atoms with van der Waals surface area (Å²) in [6.07, 6.45) is 4.32. The van der Waals surface area contributed by atoms with Crippen LogP contribution in [0, 0.1) is 25.0 Å². The summed E-state index contributed by atoms with van der Waals surface area (Å²) in [5, 5.41) is 1.64. The molecule has 0 aromatic heterocycles. The third kappa shape index (κ3) is 10.6. The van der Waals surface area contributed by atoms with Crippen LogP contribution >= 0.6 is 23.5 Å². The van der Waals surface area contributed by atoms with Crippen LogP contribution in [0.3, 0.4) is 0 Å². The lowest BCUT2D eigenvalue weighted by molar-refractivity contribution is -0.364. The van der Waals surface area contributed by atoms with Crippen LogP contribution in [0.4, 0.5) is 11.4 Å². The molecule has 2 aromatic rings. The molecule has 12 heteroatoms. The number of carbonyl (C=O) groups is 1. The molecule has 2 aromatic carbocycles. The van der Waals surface area contributed by atoms with E-state index in [1.165, 1.54) is 0 Å². The van der Waals surface area contributed by atoms with Crippen molar-refractivity contribution in [2.75, 3.05) is 49.3 Å². The van der Waals surface area contributed by atoms with Crippen molar-refractivity contribution < 1.29 is 29.1 Å². The lowest BCUT2D eigenvalue weighted by atomic mass is 10.1. The van der Waals surface area contributed by atoms with Gasteiger partial charge in [-0.2, -0.15) is 0 Å². The highest BCUT2D eigenvalue weighted by Gasteiger charge is 2.30. The molecule has 3 unspecified atom stereocenters. The molecule has 0 saturated carbocycles. The first kappa shape index (κ1) is 39.0. The molecule has 266 valence electrons. The van der Waals surface area contributed by atoms with Crippen LogP contribution in [0.5, 0.6) is 0 Å². The Hall–Kier alpha value is -3.75. The first-order valence-corrected chi connectivity index (χ1v) is 18.6. The topological polar surface area (TPSA) is 78.4 Å². The van der Waals surface area contributed by atoms with E-state index in [0.717, 1.165) is 76.1 Å². The smallest absolute Gasteiger partial charge is 0.330 e. The maximum atomic E-state index is 11.8. The van der Waals surface area contributed by atoms with Gasteiger partial charge in [0.1, 0.15) is 26.4 Å². The van der Waals surface area contributed by atoms with Crippen molar-refractivity contribution in [3.63, 3.8) is 0 Å². The second kappa shape index (κ2) is 20.2. The number of thioether (sulfide) groups is 2. The number of benzene rings is 2. The van der Waals surface area contributed by atoms with Crippen LogP contribution in [-0.4, -0.2) is 51.6 Å². The molecule has 0 N–H and O–H groups in total. The van der Waals surface area contributed by atoms with Crippen LogP contribution in [0.1, 0.15) is 53.4 Å². The van der Waals surface area contributed by atoms with Crippen molar-refractivity contribution in [2.45, 2.75) is 69.3 Å². The number of ether oxygens (including phenoxy) is 1. The molecule has 0 bridgehead atoms. The molecule has 0 radical (unpaired) electrons. The molecule has 50 heavy (non-hydrogen) atoms. The van der Waals surface area contributed by atoms with Gasteiger partial charge >= 0.3 is 5.97 Å². The molecule has 2 heterocycles. The number of anilines is 2. The van der Waals surface area contributed by atoms with Gasteiger partial charge in [0, 0.05) is 29.0 Å². The number of fused-ring (bicyclic) bond motifs is 2. The van der Waals surface area contributed by atoms with Crippen molar-refractivity contribution in [1.82, 2.24) is 0 Å². The van der Waals surface area contributed by atoms with Gasteiger partial charge in [-0.1, -0.05) is 94.9 Å². The molecule has 0 aliphatic carbocycles. The Morgan fingerprint density at radius 3 is 1.78 bits per heavy atom. The number of hydrogen-bond donors (Lipinski definition) is 0. The average Bonchev–Trinajstić information content (AvgIpc) is 3.70. The van der Waals surface area contributed by atoms with E-state index >= 15 is 0 Å². The predicted octanol–water partition coefficient (Wildman–Crippen LogP) is 9.25. The van der Waals surface area contributed by atoms with Crippen LogP contribution < -0.4 is 9.80 Å². The quantitative estimate of drug-likeness (QED) is 0.0330. The molecule has 0 fully saturated rings. The molecular weight excluding hydrogens is 673 g/mol. The SMILES string of the molecule is [C-]#[N+]/C(COOCC(COC(=O)C=C)OOC/C([N+]#[C-])=C1\Sc2ccccc2N1CCC(C)CC)=C1/Sc2ccccc2N1CCC(C)CC. The van der Waals surface area contributed by atoms with Gasteiger partial charge in [0.05, 0.1) is 34.6 Å². The van der Waals surface area contributed by atoms with E-state index in [1.54, 1.807) is 23.5 Å². The Morgan fingerprint density at radius 2 is 1.30 bits per heavy atom. The summed E-state index contributed by atoms with van der Waals surface area (Å²) in [5.74, 6) is 0.481. The number of para-hydroxylation sites is 2. The highest BCUT2D eigenvalue weighted by molar-refractivity contribution is 8.04. The second-order valence-corrected chi connectivity index (χ2v) is 14.2. The van der Waals surface area contributed by atoms with Crippen LogP contribution in [0.15, 0.2) is 92.4 Å². The zero-order valence-corrected chi connectivity index (χ0v) is 30.9. The third-order valence-electron chi connectivity index (χ3n) is 8.58. The summed E-state index contributed by atoms with van der Waals surface area (Å²) in [5.41, 5.74) is 2.98. The first-order valence-electron chi connectivity index (χ1n) is 16.9. The summed E-state index contributed by atoms with van der Waals surface area (Å²) in [7, 11) is 0. The van der Waals surface area contributed by atoms with Gasteiger partial charge in [-0.15, -0.1) is 0 Å². The minimum Gasteiger partial charge on any atom is -0.460 e. The zero-order valence-electron chi connectivity index (χ0n) is 29.3. The van der Waals surface area contributed by atoms with E-state index in [9.17, 15) is 4.79 Å². The Labute approximate surface area is 304 Å². The fourth-order valence-corrected chi connectivity index (χ4v) is 7.40. The number of carbonyl (C=O) groups excluding carboxylic acids is 1. The molecule has 0 amide bonds. The van der Waals surface area contributed by atoms with Crippen molar-refractivity contribution in [3.8, 4) is 0 Å². The fourth-order valence-electron chi connectivity index (χ4n) is 5.08. The Bertz CT molecular complexity index is 1620. The lowest BCUT2D eigenvalue weighted by Gasteiger charge is -2.24. The maximum Gasteiger partial charge on any atom is 0.330 e. The first-order chi connectivity index (χ1) is 24.3. The van der Waals surface area contributed by atoms with Crippen LogP contribution in [-0.2, 0) is 29.1 Å². The van der Waals surface area contributed by atoms with E-state index in [-0.39, 0.29) is 26.4 Å². The largest absolute Gasteiger partial charge is 0.460 e. The Morgan fingerprint density at radius 1 is 0.800 bits per heavy atom. The molecule has 0 spiro atoms. The van der Waals surface area contributed by atoms with Gasteiger partial charge in [-0.05, 0) is 48.9 Å². The van der Waals surface area contributed by atoms with Crippen molar-refractivity contribution in [2.24, 2.45) is 11.8 Å². The van der Waals surface area contributed by atoms with E-state index in [2.05, 4.69) is 72.0 Å². The highest BCUT2D eigenvalue weighted by Crippen LogP contribution is 2.48. The highest BCUT2D eigenvalue weighted by atomic mass is 32.2. The summed E-state index contributed by atoms with van der Waals surface area (Å²) < 4.78 is 5.20. The third-order valence-corrected chi connectivity index (χ3v) is 11.0. The van der Waals surface area contributed by atoms with Gasteiger partial charge in [0.2, 0.25) is 11.4 Å². The van der Waals surface area contributed by atoms with Gasteiger partial charge in [0.25, 0.3) is 0 Å². The van der Waals surface area contributed by atoms with Crippen LogP contribution in [0.2, 0.25) is 0 Å². The average molecular weight is 719 g/mol. The summed E-state index contributed by atoms with van der Waals surface area (Å²) in [4.78, 5) is 48.1. The molecule has 2 aliphatic rings. The van der Waals surface area contributed by atoms with Crippen molar-refractivity contribution >= 4 is 40.9 Å². The monoisotopic (exact) mass is 718 g/mol. The van der Waals surface area contributed by atoms with Gasteiger partial charge < -0.3 is 14.5 Å². The van der Waals surface area contributed by atoms with E-state index in [0.29, 0.717) is 23.2 Å². The van der Waals surface area contributed by atoms with E-state index < -0.39 is 12.1 Å². The van der Waals surface area contributed by atoms with E-state index in [4.69, 9.17) is 37.4 Å². The maximum absolute atomic E-state index is 11.8. The van der Waals surface area contributed by atoms with Crippen molar-refractivity contribution in [1.29, 1.82) is 0 Å². The minimum absolute atomic E-state index is 0.0854. The number of rotatable bonds is 20. The molecule has 0 saturated heterocycles. The molecule has 2 aliphatic heterocycles. The van der Waals surface area contributed by atoms with Gasteiger partial charge in [0.15, 0.2) is 6.10 Å². The van der Waals surface area contributed by atoms with E-state index in [1.807, 2.05) is 30.3 Å². The van der Waals surface area contributed by atoms with Crippen molar-refractivity contribution in [3.05, 3.63) is 105 Å². The lowest BCUT2D eigenvalue weighted by Crippen LogP contribution is -2.28. The molecule has 3 atom stereocenters. The Balaban J connectivity index is 1.39. The predicted molar refractivity (Wildman–Crippen MR) is 199 cm³/mol. The molecule has 4 rings (SSSR count). The molecular formula is C38H46N4O6S2. The Kier molecular flexibility index (Phi) is 15.8. The standard InChI is InChI=1S/C38H46N4O6S2/c1-8-27(4)19-21-41-32-15-11-13-17-34(32)49-37(41)30(39-6)25-46-45-24-29(23-44-36(43)10-3)48-47-26-31(40-7)38-42(22-20-28(5)9-2)33-16-12-14-18-35(33)50-38/h10-18,27-29H,3,8-9,19-26H2,1-2,4-5H3/b37-30+,38-31+. The normalized spacial score (nSPS) is 17.2.